The molecule has 1 aliphatic rings. The summed E-state index contributed by atoms with van der Waals surface area (Å²) in [7, 11) is 1.40. The first kappa shape index (κ1) is 18.4. The molecule has 3 rings (SSSR count). The number of halogens is 1. The largest absolute Gasteiger partial charge is 0.507 e. The molecule has 0 fully saturated rings. The van der Waals surface area contributed by atoms with Crippen LogP contribution in [-0.2, 0) is 17.6 Å². The van der Waals surface area contributed by atoms with Crippen LogP contribution in [0.4, 0.5) is 5.00 Å². The molecule has 0 unspecified atom stereocenters. The van der Waals surface area contributed by atoms with Gasteiger partial charge in [0.05, 0.1) is 12.7 Å². The molecule has 0 radical (unpaired) electrons. The molecule has 2 aromatic rings. The van der Waals surface area contributed by atoms with E-state index in [1.807, 2.05) is 19.1 Å². The number of phenols is 1. The lowest BCUT2D eigenvalue weighted by Crippen LogP contribution is -2.12. The van der Waals surface area contributed by atoms with Crippen molar-refractivity contribution < 1.29 is 14.6 Å². The summed E-state index contributed by atoms with van der Waals surface area (Å²) >= 11 is 3.77. The van der Waals surface area contributed by atoms with Crippen molar-refractivity contribution in [1.29, 1.82) is 0 Å². The lowest BCUT2D eigenvalue weighted by molar-refractivity contribution is 0.0600. The zero-order chi connectivity index (χ0) is 18.1. The zero-order valence-electron chi connectivity index (χ0n) is 14.4. The van der Waals surface area contributed by atoms with Crippen molar-refractivity contribution in [3.63, 3.8) is 0 Å². The molecule has 0 saturated heterocycles. The number of hydrogen-bond acceptors (Lipinski definition) is 5. The fourth-order valence-corrected chi connectivity index (χ4v) is 5.27. The minimum Gasteiger partial charge on any atom is -0.507 e. The number of esters is 1. The van der Waals surface area contributed by atoms with Gasteiger partial charge in [0, 0.05) is 20.2 Å². The van der Waals surface area contributed by atoms with Gasteiger partial charge in [0.15, 0.2) is 0 Å². The van der Waals surface area contributed by atoms with Crippen molar-refractivity contribution in [3.8, 4) is 5.75 Å². The van der Waals surface area contributed by atoms with Gasteiger partial charge in [0.2, 0.25) is 0 Å². The molecule has 0 spiro atoms. The normalized spacial score (nSPS) is 16.9. The van der Waals surface area contributed by atoms with Gasteiger partial charge in [0.1, 0.15) is 10.8 Å². The van der Waals surface area contributed by atoms with Gasteiger partial charge in [-0.15, -0.1) is 11.3 Å². The molecule has 1 N–H and O–H groups in total. The number of rotatable bonds is 3. The molecule has 4 nitrogen and oxygen atoms in total. The Kier molecular flexibility index (Phi) is 5.48. The van der Waals surface area contributed by atoms with E-state index in [-0.39, 0.29) is 11.7 Å². The number of methoxy groups -OCH3 is 1. The highest BCUT2D eigenvalue weighted by molar-refractivity contribution is 14.1. The maximum Gasteiger partial charge on any atom is 0.341 e. The van der Waals surface area contributed by atoms with E-state index in [1.165, 1.54) is 12.0 Å². The summed E-state index contributed by atoms with van der Waals surface area (Å²) in [6.07, 6.45) is 4.58. The van der Waals surface area contributed by atoms with Gasteiger partial charge in [-0.1, -0.05) is 6.92 Å². The number of carbonyl (C=O) groups excluding carboxylic acids is 1. The first-order valence-electron chi connectivity index (χ1n) is 8.16. The predicted molar refractivity (Wildman–Crippen MR) is 110 cm³/mol. The van der Waals surface area contributed by atoms with Crippen LogP contribution >= 0.6 is 33.9 Å². The SMILES string of the molecule is COC(=O)c1c(N=Cc2cc(I)cc(C)c2O)sc2c1CC[C@H](C)C2. The average Bonchev–Trinajstić information content (AvgIpc) is 2.93. The molecule has 0 aliphatic heterocycles. The molecule has 1 aromatic heterocycles. The monoisotopic (exact) mass is 469 g/mol. The summed E-state index contributed by atoms with van der Waals surface area (Å²) < 4.78 is 6.01. The van der Waals surface area contributed by atoms with Crippen molar-refractivity contribution in [1.82, 2.24) is 0 Å². The second kappa shape index (κ2) is 7.45. The summed E-state index contributed by atoms with van der Waals surface area (Å²) in [5.74, 6) is 0.511. The van der Waals surface area contributed by atoms with Gasteiger partial charge in [-0.05, 0) is 78.0 Å². The van der Waals surface area contributed by atoms with Crippen LogP contribution in [0, 0.1) is 16.4 Å². The summed E-state index contributed by atoms with van der Waals surface area (Å²) in [5, 5.41) is 10.9. The van der Waals surface area contributed by atoms with Crippen LogP contribution in [0.1, 0.15) is 45.3 Å². The number of nitrogens with zero attached hydrogens (tertiary/aromatic N) is 1. The van der Waals surface area contributed by atoms with Crippen LogP contribution in [0.2, 0.25) is 0 Å². The minimum atomic E-state index is -0.331. The number of phenolic OH excluding ortho intramolecular Hbond substituents is 1. The quantitative estimate of drug-likeness (QED) is 0.390. The van der Waals surface area contributed by atoms with Gasteiger partial charge in [0.25, 0.3) is 0 Å². The highest BCUT2D eigenvalue weighted by Gasteiger charge is 2.27. The first-order chi connectivity index (χ1) is 11.9. The van der Waals surface area contributed by atoms with Crippen molar-refractivity contribution in [2.24, 2.45) is 10.9 Å². The Hall–Kier alpha value is -1.41. The number of aromatic hydroxyl groups is 1. The van der Waals surface area contributed by atoms with Crippen LogP contribution in [0.3, 0.4) is 0 Å². The molecule has 1 heterocycles. The molecule has 0 amide bonds. The molecule has 1 aromatic carbocycles. The van der Waals surface area contributed by atoms with Crippen LogP contribution in [0.5, 0.6) is 5.75 Å². The van der Waals surface area contributed by atoms with Crippen LogP contribution in [-0.4, -0.2) is 24.4 Å². The molecule has 6 heteroatoms. The van der Waals surface area contributed by atoms with Crippen molar-refractivity contribution in [2.45, 2.75) is 33.1 Å². The van der Waals surface area contributed by atoms with Crippen LogP contribution in [0.25, 0.3) is 0 Å². The van der Waals surface area contributed by atoms with Crippen molar-refractivity contribution in [2.75, 3.05) is 7.11 Å². The third-order valence-corrected chi connectivity index (χ3v) is 6.28. The Labute approximate surface area is 165 Å². The third-order valence-electron chi connectivity index (χ3n) is 4.50. The number of benzene rings is 1. The number of thiophene rings is 1. The second-order valence-electron chi connectivity index (χ2n) is 6.44. The van der Waals surface area contributed by atoms with E-state index in [9.17, 15) is 9.90 Å². The van der Waals surface area contributed by atoms with Gasteiger partial charge >= 0.3 is 5.97 Å². The predicted octanol–water partition coefficient (Wildman–Crippen LogP) is 5.03. The van der Waals surface area contributed by atoms with E-state index in [0.29, 0.717) is 22.0 Å². The summed E-state index contributed by atoms with van der Waals surface area (Å²) in [6, 6.07) is 3.79. The lowest BCUT2D eigenvalue weighted by Gasteiger charge is -2.18. The molecular weight excluding hydrogens is 449 g/mol. The maximum atomic E-state index is 12.3. The molecule has 132 valence electrons. The van der Waals surface area contributed by atoms with Gasteiger partial charge in [-0.3, -0.25) is 0 Å². The highest BCUT2D eigenvalue weighted by Crippen LogP contribution is 2.41. The molecule has 0 bridgehead atoms. The molecule has 1 atom stereocenters. The number of ether oxygens (including phenoxy) is 1. The fraction of sp³-hybridized carbons (Fsp3) is 0.368. The van der Waals surface area contributed by atoms with Crippen molar-refractivity contribution >= 4 is 51.1 Å². The standard InChI is InChI=1S/C19H20INO3S/c1-10-4-5-14-15(6-10)25-18(16(14)19(23)24-3)21-9-12-8-13(20)7-11(2)17(12)22/h7-10,22H,4-6H2,1-3H3/t10-/m0/s1. The average molecular weight is 469 g/mol. The lowest BCUT2D eigenvalue weighted by atomic mass is 9.88. The molecule has 25 heavy (non-hydrogen) atoms. The first-order valence-corrected chi connectivity index (χ1v) is 10.1. The van der Waals surface area contributed by atoms with Gasteiger partial charge in [-0.2, -0.15) is 0 Å². The van der Waals surface area contributed by atoms with E-state index < -0.39 is 0 Å². The maximum absolute atomic E-state index is 12.3. The number of aliphatic imine (C=N–C) groups is 1. The van der Waals surface area contributed by atoms with E-state index in [1.54, 1.807) is 17.6 Å². The molecule has 1 aliphatic carbocycles. The third kappa shape index (κ3) is 3.74. The summed E-state index contributed by atoms with van der Waals surface area (Å²) in [5.41, 5.74) is 3.14. The Morgan fingerprint density at radius 1 is 1.48 bits per heavy atom. The van der Waals surface area contributed by atoms with E-state index >= 15 is 0 Å². The molecule has 0 saturated carbocycles. The fourth-order valence-electron chi connectivity index (χ4n) is 3.13. The summed E-state index contributed by atoms with van der Waals surface area (Å²) in [6.45, 7) is 4.09. The van der Waals surface area contributed by atoms with E-state index in [2.05, 4.69) is 34.5 Å². The van der Waals surface area contributed by atoms with Crippen LogP contribution in [0.15, 0.2) is 17.1 Å². The number of aryl methyl sites for hydroxylation is 1. The Balaban J connectivity index is 2.04. The number of fused-ring (bicyclic) bond motifs is 1. The van der Waals surface area contributed by atoms with E-state index in [4.69, 9.17) is 4.74 Å². The highest BCUT2D eigenvalue weighted by atomic mass is 127. The minimum absolute atomic E-state index is 0.221. The zero-order valence-corrected chi connectivity index (χ0v) is 17.4. The number of hydrogen-bond donors (Lipinski definition) is 1. The Morgan fingerprint density at radius 2 is 2.24 bits per heavy atom. The Bertz CT molecular complexity index is 857. The van der Waals surface area contributed by atoms with Gasteiger partial charge in [-0.25, -0.2) is 9.79 Å². The summed E-state index contributed by atoms with van der Waals surface area (Å²) in [4.78, 5) is 18.1. The van der Waals surface area contributed by atoms with Crippen LogP contribution < -0.4 is 0 Å². The van der Waals surface area contributed by atoms with Crippen molar-refractivity contribution in [3.05, 3.63) is 42.8 Å². The topological polar surface area (TPSA) is 58.9 Å². The molecular formula is C19H20INO3S. The Morgan fingerprint density at radius 3 is 2.96 bits per heavy atom. The van der Waals surface area contributed by atoms with Gasteiger partial charge < -0.3 is 9.84 Å². The number of carbonyl (C=O) groups is 1. The van der Waals surface area contributed by atoms with E-state index in [0.717, 1.165) is 34.0 Å². The second-order valence-corrected chi connectivity index (χ2v) is 8.77. The smallest absolute Gasteiger partial charge is 0.341 e.